The van der Waals surface area contributed by atoms with Gasteiger partial charge < -0.3 is 9.73 Å². The van der Waals surface area contributed by atoms with Crippen molar-refractivity contribution in [2.75, 3.05) is 5.32 Å². The molecule has 0 saturated carbocycles. The van der Waals surface area contributed by atoms with E-state index in [0.717, 1.165) is 0 Å². The molecule has 1 amide bonds. The minimum atomic E-state index is -0.381. The van der Waals surface area contributed by atoms with Crippen LogP contribution in [0.25, 0.3) is 17.4 Å². The van der Waals surface area contributed by atoms with Crippen LogP contribution in [0.2, 0.25) is 5.02 Å². The summed E-state index contributed by atoms with van der Waals surface area (Å²) in [6.07, 6.45) is 2.09. The van der Waals surface area contributed by atoms with E-state index in [1.807, 2.05) is 6.92 Å². The van der Waals surface area contributed by atoms with Crippen LogP contribution < -0.4 is 10.9 Å². The highest BCUT2D eigenvalue weighted by atomic mass is 35.5. The van der Waals surface area contributed by atoms with Gasteiger partial charge in [0.15, 0.2) is 5.76 Å². The Balaban J connectivity index is 1.80. The van der Waals surface area contributed by atoms with Crippen molar-refractivity contribution in [3.8, 4) is 17.4 Å². The molecule has 0 aliphatic rings. The molecular formula is C21H18ClN5O3. The quantitative estimate of drug-likeness (QED) is 0.504. The summed E-state index contributed by atoms with van der Waals surface area (Å²) in [7, 11) is 0. The molecule has 3 heterocycles. The molecule has 30 heavy (non-hydrogen) atoms. The number of aryl methyl sites for hydroxylation is 1. The van der Waals surface area contributed by atoms with Crippen molar-refractivity contribution in [3.63, 3.8) is 0 Å². The third-order valence-corrected chi connectivity index (χ3v) is 4.81. The highest BCUT2D eigenvalue weighted by Crippen LogP contribution is 2.25. The van der Waals surface area contributed by atoms with E-state index in [1.165, 1.54) is 10.9 Å². The number of carbonyl (C=O) groups is 1. The molecule has 0 aliphatic carbocycles. The first-order valence-corrected chi connectivity index (χ1v) is 9.65. The number of halogens is 1. The van der Waals surface area contributed by atoms with E-state index in [9.17, 15) is 9.59 Å². The molecule has 0 aliphatic heterocycles. The molecule has 0 fully saturated rings. The molecule has 0 saturated heterocycles. The standard InChI is InChI=1S/C21H18ClN5O3/c1-3-15-12(2)23-21(25-20(15)29)27-18(11-16(26-27)17-8-5-9-30-17)24-19(28)13-6-4-7-14(22)10-13/h4-11H,3H2,1-2H3,(H,24,28)(H,23,25,29). The number of nitrogens with zero attached hydrogens (tertiary/aromatic N) is 3. The molecule has 1 aromatic carbocycles. The molecule has 152 valence electrons. The fourth-order valence-corrected chi connectivity index (χ4v) is 3.30. The first kappa shape index (κ1) is 19.7. The maximum atomic E-state index is 12.8. The topological polar surface area (TPSA) is 106 Å². The number of benzene rings is 1. The normalized spacial score (nSPS) is 10.9. The summed E-state index contributed by atoms with van der Waals surface area (Å²) < 4.78 is 6.78. The van der Waals surface area contributed by atoms with E-state index < -0.39 is 0 Å². The number of aromatic amines is 1. The summed E-state index contributed by atoms with van der Waals surface area (Å²) in [6.45, 7) is 3.65. The number of aromatic nitrogens is 4. The maximum absolute atomic E-state index is 12.8. The van der Waals surface area contributed by atoms with Crippen molar-refractivity contribution < 1.29 is 9.21 Å². The Kier molecular flexibility index (Phi) is 5.24. The average molecular weight is 424 g/mol. The molecule has 2 N–H and O–H groups in total. The van der Waals surface area contributed by atoms with Crippen LogP contribution in [-0.2, 0) is 6.42 Å². The van der Waals surface area contributed by atoms with Crippen LogP contribution in [0.1, 0.15) is 28.5 Å². The van der Waals surface area contributed by atoms with Crippen LogP contribution in [0, 0.1) is 6.92 Å². The second-order valence-corrected chi connectivity index (χ2v) is 7.01. The van der Waals surface area contributed by atoms with Crippen LogP contribution in [0.15, 0.2) is 57.9 Å². The van der Waals surface area contributed by atoms with Gasteiger partial charge in [0.05, 0.1) is 6.26 Å². The van der Waals surface area contributed by atoms with Gasteiger partial charge in [0.1, 0.15) is 11.5 Å². The van der Waals surface area contributed by atoms with Gasteiger partial charge in [0.2, 0.25) is 5.95 Å². The van der Waals surface area contributed by atoms with Crippen molar-refractivity contribution in [1.29, 1.82) is 0 Å². The number of furan rings is 1. The van der Waals surface area contributed by atoms with Gasteiger partial charge >= 0.3 is 0 Å². The van der Waals surface area contributed by atoms with E-state index in [-0.39, 0.29) is 17.4 Å². The van der Waals surface area contributed by atoms with Gasteiger partial charge in [-0.3, -0.25) is 14.6 Å². The number of anilines is 1. The van der Waals surface area contributed by atoms with Gasteiger partial charge in [0.25, 0.3) is 11.5 Å². The number of amides is 1. The first-order chi connectivity index (χ1) is 14.5. The fourth-order valence-electron chi connectivity index (χ4n) is 3.11. The molecule has 4 rings (SSSR count). The van der Waals surface area contributed by atoms with Crippen LogP contribution in [0.3, 0.4) is 0 Å². The lowest BCUT2D eigenvalue weighted by Gasteiger charge is -2.10. The minimum absolute atomic E-state index is 0.189. The van der Waals surface area contributed by atoms with Gasteiger partial charge in [-0.25, -0.2) is 4.98 Å². The number of hydrogen-bond acceptors (Lipinski definition) is 5. The Morgan fingerprint density at radius 1 is 1.27 bits per heavy atom. The molecule has 3 aromatic heterocycles. The number of nitrogens with one attached hydrogen (secondary N) is 2. The Morgan fingerprint density at radius 3 is 2.77 bits per heavy atom. The number of rotatable bonds is 5. The van der Waals surface area contributed by atoms with Crippen molar-refractivity contribution in [2.24, 2.45) is 0 Å². The Labute approximate surface area is 176 Å². The summed E-state index contributed by atoms with van der Waals surface area (Å²) in [5, 5.41) is 7.72. The Bertz CT molecular complexity index is 1270. The molecule has 0 atom stereocenters. The van der Waals surface area contributed by atoms with E-state index in [4.69, 9.17) is 16.0 Å². The van der Waals surface area contributed by atoms with Crippen molar-refractivity contribution >= 4 is 23.3 Å². The number of carbonyl (C=O) groups excluding carboxylic acids is 1. The second kappa shape index (κ2) is 8.00. The molecular weight excluding hydrogens is 406 g/mol. The van der Waals surface area contributed by atoms with Gasteiger partial charge in [-0.15, -0.1) is 0 Å². The largest absolute Gasteiger partial charge is 0.463 e. The van der Waals surface area contributed by atoms with Crippen molar-refractivity contribution in [2.45, 2.75) is 20.3 Å². The molecule has 0 radical (unpaired) electrons. The Morgan fingerprint density at radius 2 is 2.10 bits per heavy atom. The molecule has 0 bridgehead atoms. The lowest BCUT2D eigenvalue weighted by Crippen LogP contribution is -2.22. The van der Waals surface area contributed by atoms with E-state index >= 15 is 0 Å². The molecule has 4 aromatic rings. The van der Waals surface area contributed by atoms with Crippen LogP contribution in [0.5, 0.6) is 0 Å². The lowest BCUT2D eigenvalue weighted by atomic mass is 10.2. The van der Waals surface area contributed by atoms with Crippen molar-refractivity contribution in [3.05, 3.63) is 80.9 Å². The molecule has 0 unspecified atom stereocenters. The van der Waals surface area contributed by atoms with Gasteiger partial charge in [-0.05, 0) is 43.7 Å². The summed E-state index contributed by atoms with van der Waals surface area (Å²) in [6, 6.07) is 11.7. The average Bonchev–Trinajstić information content (AvgIpc) is 3.37. The third kappa shape index (κ3) is 3.77. The lowest BCUT2D eigenvalue weighted by molar-refractivity contribution is 0.102. The Hall–Kier alpha value is -3.65. The SMILES string of the molecule is CCc1c(C)nc(-n2nc(-c3ccco3)cc2NC(=O)c2cccc(Cl)c2)[nH]c1=O. The van der Waals surface area contributed by atoms with E-state index in [0.29, 0.717) is 45.5 Å². The van der Waals surface area contributed by atoms with Gasteiger partial charge in [-0.1, -0.05) is 24.6 Å². The second-order valence-electron chi connectivity index (χ2n) is 6.58. The molecule has 0 spiro atoms. The van der Waals surface area contributed by atoms with Gasteiger partial charge in [-0.2, -0.15) is 9.78 Å². The van der Waals surface area contributed by atoms with Gasteiger partial charge in [0, 0.05) is 27.9 Å². The molecule has 9 heteroatoms. The zero-order chi connectivity index (χ0) is 21.3. The zero-order valence-electron chi connectivity index (χ0n) is 16.3. The van der Waals surface area contributed by atoms with Crippen LogP contribution in [-0.4, -0.2) is 25.7 Å². The predicted octanol–water partition coefficient (Wildman–Crippen LogP) is 3.99. The summed E-state index contributed by atoms with van der Waals surface area (Å²) >= 11 is 5.99. The summed E-state index contributed by atoms with van der Waals surface area (Å²) in [4.78, 5) is 32.4. The van der Waals surface area contributed by atoms with E-state index in [1.54, 1.807) is 49.4 Å². The monoisotopic (exact) mass is 423 g/mol. The van der Waals surface area contributed by atoms with Crippen LogP contribution >= 0.6 is 11.6 Å². The fraction of sp³-hybridized carbons (Fsp3) is 0.143. The zero-order valence-corrected chi connectivity index (χ0v) is 17.0. The number of hydrogen-bond donors (Lipinski definition) is 2. The maximum Gasteiger partial charge on any atom is 0.256 e. The van der Waals surface area contributed by atoms with E-state index in [2.05, 4.69) is 20.4 Å². The summed E-state index contributed by atoms with van der Waals surface area (Å²) in [5.41, 5.74) is 1.80. The third-order valence-electron chi connectivity index (χ3n) is 4.58. The molecule has 8 nitrogen and oxygen atoms in total. The smallest absolute Gasteiger partial charge is 0.256 e. The van der Waals surface area contributed by atoms with Crippen molar-refractivity contribution in [1.82, 2.24) is 19.7 Å². The highest BCUT2D eigenvalue weighted by molar-refractivity contribution is 6.31. The van der Waals surface area contributed by atoms with Crippen LogP contribution in [0.4, 0.5) is 5.82 Å². The first-order valence-electron chi connectivity index (χ1n) is 9.27. The number of H-pyrrole nitrogens is 1. The minimum Gasteiger partial charge on any atom is -0.463 e. The summed E-state index contributed by atoms with van der Waals surface area (Å²) in [5.74, 6) is 0.636. The highest BCUT2D eigenvalue weighted by Gasteiger charge is 2.18. The predicted molar refractivity (Wildman–Crippen MR) is 113 cm³/mol.